The standard InChI is InChI=1S/C23H25F6NO3/c24-22(25,26)18-10-17(11-19(12-18)23(27,28)29)21(13-31,14-32)33-15-20(6-8-30-9-7-20)16-4-2-1-3-5-16/h1-5,10-12,30-32H,6-9,13-15H2. The van der Waals surface area contributed by atoms with Crippen LogP contribution in [0.25, 0.3) is 0 Å². The first-order valence-electron chi connectivity index (χ1n) is 10.4. The number of piperidine rings is 1. The topological polar surface area (TPSA) is 61.7 Å². The van der Waals surface area contributed by atoms with Crippen LogP contribution in [-0.2, 0) is 28.1 Å². The molecule has 0 aromatic heterocycles. The van der Waals surface area contributed by atoms with Crippen molar-refractivity contribution >= 4 is 0 Å². The predicted molar refractivity (Wildman–Crippen MR) is 108 cm³/mol. The number of alkyl halides is 6. The molecule has 182 valence electrons. The third-order valence-corrected chi connectivity index (χ3v) is 6.20. The van der Waals surface area contributed by atoms with Gasteiger partial charge in [-0.2, -0.15) is 26.3 Å². The number of benzene rings is 2. The molecule has 2 aromatic carbocycles. The van der Waals surface area contributed by atoms with Crippen molar-refractivity contribution in [1.82, 2.24) is 5.32 Å². The van der Waals surface area contributed by atoms with Crippen LogP contribution >= 0.6 is 0 Å². The van der Waals surface area contributed by atoms with Crippen LogP contribution in [0.2, 0.25) is 0 Å². The Bertz CT molecular complexity index is 888. The van der Waals surface area contributed by atoms with Crippen molar-refractivity contribution in [2.24, 2.45) is 0 Å². The molecule has 0 unspecified atom stereocenters. The molecule has 0 aliphatic carbocycles. The van der Waals surface area contributed by atoms with Gasteiger partial charge in [-0.25, -0.2) is 0 Å². The van der Waals surface area contributed by atoms with Crippen molar-refractivity contribution in [3.8, 4) is 0 Å². The average molecular weight is 477 g/mol. The van der Waals surface area contributed by atoms with E-state index in [1.807, 2.05) is 30.3 Å². The Morgan fingerprint density at radius 2 is 1.27 bits per heavy atom. The van der Waals surface area contributed by atoms with Gasteiger partial charge in [-0.3, -0.25) is 0 Å². The monoisotopic (exact) mass is 477 g/mol. The molecule has 1 heterocycles. The minimum absolute atomic E-state index is 0.00126. The maximum absolute atomic E-state index is 13.4. The predicted octanol–water partition coefficient (Wildman–Crippen LogP) is 4.24. The summed E-state index contributed by atoms with van der Waals surface area (Å²) >= 11 is 0. The van der Waals surface area contributed by atoms with Gasteiger partial charge in [0.1, 0.15) is 5.60 Å². The molecule has 4 nitrogen and oxygen atoms in total. The van der Waals surface area contributed by atoms with E-state index in [1.54, 1.807) is 0 Å². The first kappa shape index (κ1) is 25.5. The molecule has 0 atom stereocenters. The molecular formula is C23H25F6NO3. The van der Waals surface area contributed by atoms with Gasteiger partial charge >= 0.3 is 12.4 Å². The Balaban J connectivity index is 2.04. The summed E-state index contributed by atoms with van der Waals surface area (Å²) in [4.78, 5) is 0. The third-order valence-electron chi connectivity index (χ3n) is 6.20. The largest absolute Gasteiger partial charge is 0.416 e. The molecule has 0 radical (unpaired) electrons. The van der Waals surface area contributed by atoms with E-state index in [4.69, 9.17) is 4.74 Å². The first-order chi connectivity index (χ1) is 15.5. The fourth-order valence-electron chi connectivity index (χ4n) is 4.11. The fraction of sp³-hybridized carbons (Fsp3) is 0.478. The smallest absolute Gasteiger partial charge is 0.393 e. The summed E-state index contributed by atoms with van der Waals surface area (Å²) in [5.41, 5.74) is -5.52. The van der Waals surface area contributed by atoms with E-state index in [9.17, 15) is 36.6 Å². The van der Waals surface area contributed by atoms with Gasteiger partial charge in [-0.1, -0.05) is 30.3 Å². The van der Waals surface area contributed by atoms with Crippen LogP contribution in [-0.4, -0.2) is 43.1 Å². The number of ether oxygens (including phenoxy) is 1. The number of aliphatic hydroxyl groups excluding tert-OH is 2. The van der Waals surface area contributed by atoms with Gasteiger partial charge in [0.15, 0.2) is 0 Å². The Hall–Kier alpha value is -2.14. The van der Waals surface area contributed by atoms with Crippen molar-refractivity contribution in [1.29, 1.82) is 0 Å². The molecule has 0 bridgehead atoms. The Morgan fingerprint density at radius 1 is 0.788 bits per heavy atom. The van der Waals surface area contributed by atoms with E-state index in [1.165, 1.54) is 0 Å². The quantitative estimate of drug-likeness (QED) is 0.522. The van der Waals surface area contributed by atoms with Gasteiger partial charge in [-0.05, 0) is 55.3 Å². The highest BCUT2D eigenvalue weighted by Gasteiger charge is 2.43. The highest BCUT2D eigenvalue weighted by molar-refractivity contribution is 5.37. The van der Waals surface area contributed by atoms with Crippen LogP contribution in [0.5, 0.6) is 0 Å². The second-order valence-corrected chi connectivity index (χ2v) is 8.29. The van der Waals surface area contributed by atoms with Gasteiger partial charge in [-0.15, -0.1) is 0 Å². The highest BCUT2D eigenvalue weighted by Crippen LogP contribution is 2.41. The van der Waals surface area contributed by atoms with E-state index in [0.717, 1.165) is 5.56 Å². The third kappa shape index (κ3) is 5.51. The van der Waals surface area contributed by atoms with Crippen LogP contribution in [0.4, 0.5) is 26.3 Å². The Kier molecular flexibility index (Phi) is 7.42. The minimum Gasteiger partial charge on any atom is -0.393 e. The highest BCUT2D eigenvalue weighted by atomic mass is 19.4. The van der Waals surface area contributed by atoms with Gasteiger partial charge in [0, 0.05) is 5.41 Å². The van der Waals surface area contributed by atoms with E-state index < -0.39 is 53.3 Å². The van der Waals surface area contributed by atoms with Gasteiger partial charge in [0.2, 0.25) is 0 Å². The van der Waals surface area contributed by atoms with E-state index in [-0.39, 0.29) is 12.7 Å². The molecule has 33 heavy (non-hydrogen) atoms. The second kappa shape index (κ2) is 9.61. The number of aliphatic hydroxyl groups is 2. The van der Waals surface area contributed by atoms with Crippen molar-refractivity contribution in [3.63, 3.8) is 0 Å². The molecule has 0 amide bonds. The summed E-state index contributed by atoms with van der Waals surface area (Å²) in [6, 6.07) is 10.2. The molecule has 1 aliphatic heterocycles. The van der Waals surface area contributed by atoms with Crippen molar-refractivity contribution in [2.45, 2.75) is 36.2 Å². The van der Waals surface area contributed by atoms with Crippen LogP contribution in [0.15, 0.2) is 48.5 Å². The normalized spacial score (nSPS) is 17.2. The number of rotatable bonds is 7. The summed E-state index contributed by atoms with van der Waals surface area (Å²) in [6.07, 6.45) is -8.93. The summed E-state index contributed by atoms with van der Waals surface area (Å²) in [5.74, 6) is 0. The molecule has 1 saturated heterocycles. The summed E-state index contributed by atoms with van der Waals surface area (Å²) in [6.45, 7) is -0.871. The SMILES string of the molecule is OCC(CO)(OCC1(c2ccccc2)CCNCC1)c1cc(C(F)(F)F)cc(C(F)(F)F)c1. The average Bonchev–Trinajstić information content (AvgIpc) is 2.80. The molecule has 1 fully saturated rings. The molecular weight excluding hydrogens is 452 g/mol. The minimum atomic E-state index is -5.06. The number of nitrogens with one attached hydrogen (secondary N) is 1. The Morgan fingerprint density at radius 3 is 1.73 bits per heavy atom. The molecule has 0 saturated carbocycles. The summed E-state index contributed by atoms with van der Waals surface area (Å²) < 4.78 is 86.0. The zero-order valence-corrected chi connectivity index (χ0v) is 17.6. The fourth-order valence-corrected chi connectivity index (χ4v) is 4.11. The van der Waals surface area contributed by atoms with Crippen LogP contribution in [0, 0.1) is 0 Å². The van der Waals surface area contributed by atoms with Crippen molar-refractivity contribution in [3.05, 3.63) is 70.8 Å². The lowest BCUT2D eigenvalue weighted by Gasteiger charge is -2.41. The number of hydrogen-bond donors (Lipinski definition) is 3. The zero-order valence-electron chi connectivity index (χ0n) is 17.6. The van der Waals surface area contributed by atoms with Crippen molar-refractivity contribution in [2.75, 3.05) is 32.9 Å². The number of halogens is 6. The maximum atomic E-state index is 13.4. The molecule has 3 N–H and O–H groups in total. The van der Waals surface area contributed by atoms with E-state index in [2.05, 4.69) is 5.32 Å². The van der Waals surface area contributed by atoms with Gasteiger partial charge < -0.3 is 20.3 Å². The molecule has 0 spiro atoms. The van der Waals surface area contributed by atoms with Crippen molar-refractivity contribution < 1.29 is 41.3 Å². The van der Waals surface area contributed by atoms with Crippen LogP contribution in [0.3, 0.4) is 0 Å². The summed E-state index contributed by atoms with van der Waals surface area (Å²) in [5, 5.41) is 23.3. The van der Waals surface area contributed by atoms with Gasteiger partial charge in [0.05, 0.1) is 30.9 Å². The molecule has 1 aliphatic rings. The molecule has 2 aromatic rings. The van der Waals surface area contributed by atoms with Crippen LogP contribution in [0.1, 0.15) is 35.1 Å². The van der Waals surface area contributed by atoms with Crippen LogP contribution < -0.4 is 5.32 Å². The van der Waals surface area contributed by atoms with E-state index in [0.29, 0.717) is 38.1 Å². The van der Waals surface area contributed by atoms with E-state index >= 15 is 0 Å². The lowest BCUT2D eigenvalue weighted by atomic mass is 9.73. The maximum Gasteiger partial charge on any atom is 0.416 e. The first-order valence-corrected chi connectivity index (χ1v) is 10.4. The Labute approximate surface area is 187 Å². The lowest BCUT2D eigenvalue weighted by Crippen LogP contribution is -2.47. The second-order valence-electron chi connectivity index (χ2n) is 8.29. The van der Waals surface area contributed by atoms with Gasteiger partial charge in [0.25, 0.3) is 0 Å². The molecule has 3 rings (SSSR count). The lowest BCUT2D eigenvalue weighted by molar-refractivity contribution is -0.146. The summed E-state index contributed by atoms with van der Waals surface area (Å²) in [7, 11) is 0. The number of hydrogen-bond acceptors (Lipinski definition) is 4. The zero-order chi connectivity index (χ0) is 24.3. The molecule has 10 heteroatoms.